The molecule has 0 spiro atoms. The van der Waals surface area contributed by atoms with Crippen LogP contribution >= 0.6 is 0 Å². The monoisotopic (exact) mass is 264 g/mol. The Kier molecular flexibility index (Phi) is 2.82. The van der Waals surface area contributed by atoms with Crippen molar-refractivity contribution >= 4 is 12.7 Å². The Balaban J connectivity index is 1.98. The van der Waals surface area contributed by atoms with E-state index in [-0.39, 0.29) is 18.3 Å². The number of hydrogen-bond donors (Lipinski definition) is 0. The van der Waals surface area contributed by atoms with Crippen molar-refractivity contribution in [3.05, 3.63) is 11.3 Å². The summed E-state index contributed by atoms with van der Waals surface area (Å²) < 4.78 is 19.7. The molecule has 104 valence electrons. The Labute approximate surface area is 114 Å². The minimum Gasteiger partial charge on any atom is -0.398 e. The third-order valence-electron chi connectivity index (χ3n) is 4.48. The second-order valence-corrected chi connectivity index (χ2v) is 6.32. The van der Waals surface area contributed by atoms with Crippen molar-refractivity contribution in [1.82, 2.24) is 9.78 Å². The zero-order chi connectivity index (χ0) is 13.8. The molecule has 3 rings (SSSR count). The van der Waals surface area contributed by atoms with Gasteiger partial charge in [-0.05, 0) is 27.7 Å². The summed E-state index contributed by atoms with van der Waals surface area (Å²) in [4.78, 5) is 0. The number of rotatable bonds is 1. The molecule has 1 aromatic rings. The third kappa shape index (κ3) is 1.93. The highest BCUT2D eigenvalue weighted by Gasteiger charge is 2.53. The van der Waals surface area contributed by atoms with E-state index in [2.05, 4.69) is 32.8 Å². The van der Waals surface area contributed by atoms with Crippen LogP contribution in [0.4, 0.5) is 0 Å². The Bertz CT molecular complexity index is 494. The number of hydrogen-bond acceptors (Lipinski definition) is 4. The second kappa shape index (κ2) is 4.07. The van der Waals surface area contributed by atoms with Crippen LogP contribution in [0.3, 0.4) is 0 Å². The lowest BCUT2D eigenvalue weighted by Crippen LogP contribution is -2.41. The van der Waals surface area contributed by atoms with E-state index < -0.39 is 0 Å². The number of aryl methyl sites for hydroxylation is 1. The van der Waals surface area contributed by atoms with Crippen LogP contribution in [0.5, 0.6) is 0 Å². The molecule has 1 saturated heterocycles. The maximum absolute atomic E-state index is 6.12. The largest absolute Gasteiger partial charge is 0.514 e. The van der Waals surface area contributed by atoms with E-state index >= 15 is 0 Å². The van der Waals surface area contributed by atoms with Gasteiger partial charge in [-0.3, -0.25) is 4.68 Å². The summed E-state index contributed by atoms with van der Waals surface area (Å²) in [5.74, 6) is 0. The van der Waals surface area contributed by atoms with Gasteiger partial charge in [-0.25, -0.2) is 0 Å². The molecule has 0 aliphatic carbocycles. The molecular formula is C13H21BN2O3. The lowest BCUT2D eigenvalue weighted by Gasteiger charge is -2.32. The summed E-state index contributed by atoms with van der Waals surface area (Å²) in [6.07, 6.45) is 0.864. The summed E-state index contributed by atoms with van der Waals surface area (Å²) in [6.45, 7) is 9.59. The Morgan fingerprint density at radius 2 is 1.79 bits per heavy atom. The molecule has 0 saturated carbocycles. The van der Waals surface area contributed by atoms with Crippen LogP contribution in [0, 0.1) is 0 Å². The maximum atomic E-state index is 6.12. The predicted octanol–water partition coefficient (Wildman–Crippen LogP) is 0.792. The predicted molar refractivity (Wildman–Crippen MR) is 72.3 cm³/mol. The molecule has 0 bridgehead atoms. The smallest absolute Gasteiger partial charge is 0.398 e. The van der Waals surface area contributed by atoms with E-state index in [0.29, 0.717) is 6.61 Å². The van der Waals surface area contributed by atoms with Crippen molar-refractivity contribution in [2.45, 2.75) is 51.9 Å². The van der Waals surface area contributed by atoms with Crippen LogP contribution in [0.15, 0.2) is 0 Å². The molecule has 2 aliphatic rings. The van der Waals surface area contributed by atoms with Gasteiger partial charge in [0.2, 0.25) is 0 Å². The lowest BCUT2D eigenvalue weighted by atomic mass is 9.80. The van der Waals surface area contributed by atoms with Crippen molar-refractivity contribution in [2.24, 2.45) is 7.05 Å². The zero-order valence-electron chi connectivity index (χ0n) is 12.3. The molecule has 0 amide bonds. The maximum Gasteiger partial charge on any atom is 0.514 e. The van der Waals surface area contributed by atoms with Gasteiger partial charge >= 0.3 is 7.12 Å². The standard InChI is InChI=1S/C13H21BN2O3/c1-12(2)13(3,4)19-14(18-12)11-9-8-17-7-6-10(9)15-16(11)5/h6-8H2,1-5H3. The van der Waals surface area contributed by atoms with Crippen molar-refractivity contribution in [3.63, 3.8) is 0 Å². The SMILES string of the molecule is Cn1nc2c(c1B1OC(C)(C)C(C)(C)O1)COCC2. The number of aromatic nitrogens is 2. The van der Waals surface area contributed by atoms with Gasteiger partial charge in [0.15, 0.2) is 0 Å². The van der Waals surface area contributed by atoms with Gasteiger partial charge in [0.05, 0.1) is 35.7 Å². The molecule has 0 N–H and O–H groups in total. The quantitative estimate of drug-likeness (QED) is 0.703. The topological polar surface area (TPSA) is 45.5 Å². The van der Waals surface area contributed by atoms with E-state index in [1.54, 1.807) is 0 Å². The van der Waals surface area contributed by atoms with Crippen LogP contribution in [-0.4, -0.2) is 34.7 Å². The first-order chi connectivity index (χ1) is 8.82. The minimum absolute atomic E-state index is 0.329. The molecule has 19 heavy (non-hydrogen) atoms. The first kappa shape index (κ1) is 13.2. The zero-order valence-corrected chi connectivity index (χ0v) is 12.3. The van der Waals surface area contributed by atoms with E-state index in [9.17, 15) is 0 Å². The fourth-order valence-corrected chi connectivity index (χ4v) is 2.59. The van der Waals surface area contributed by atoms with Gasteiger partial charge in [-0.2, -0.15) is 5.10 Å². The first-order valence-corrected chi connectivity index (χ1v) is 6.80. The summed E-state index contributed by atoms with van der Waals surface area (Å²) in [7, 11) is 1.58. The van der Waals surface area contributed by atoms with Gasteiger partial charge in [0, 0.05) is 19.0 Å². The fourth-order valence-electron chi connectivity index (χ4n) is 2.59. The van der Waals surface area contributed by atoms with Crippen LogP contribution in [0.25, 0.3) is 0 Å². The fraction of sp³-hybridized carbons (Fsp3) is 0.769. The number of ether oxygens (including phenoxy) is 1. The molecule has 0 aromatic carbocycles. The molecule has 3 heterocycles. The molecule has 0 radical (unpaired) electrons. The van der Waals surface area contributed by atoms with Crippen LogP contribution in [0.1, 0.15) is 39.0 Å². The lowest BCUT2D eigenvalue weighted by molar-refractivity contribution is 0.00578. The highest BCUT2D eigenvalue weighted by molar-refractivity contribution is 6.61. The van der Waals surface area contributed by atoms with Crippen molar-refractivity contribution in [3.8, 4) is 0 Å². The number of nitrogens with zero attached hydrogens (tertiary/aromatic N) is 2. The Morgan fingerprint density at radius 3 is 2.42 bits per heavy atom. The Morgan fingerprint density at radius 1 is 1.16 bits per heavy atom. The molecule has 0 unspecified atom stereocenters. The van der Waals surface area contributed by atoms with Crippen molar-refractivity contribution in [1.29, 1.82) is 0 Å². The second-order valence-electron chi connectivity index (χ2n) is 6.32. The first-order valence-electron chi connectivity index (χ1n) is 6.80. The highest BCUT2D eigenvalue weighted by atomic mass is 16.7. The molecule has 5 nitrogen and oxygen atoms in total. The summed E-state index contributed by atoms with van der Waals surface area (Å²) in [5, 5.41) is 4.57. The van der Waals surface area contributed by atoms with E-state index in [1.165, 1.54) is 0 Å². The van der Waals surface area contributed by atoms with Gasteiger partial charge in [-0.15, -0.1) is 0 Å². The summed E-state index contributed by atoms with van der Waals surface area (Å²) in [6, 6.07) is 0. The molecule has 1 fully saturated rings. The van der Waals surface area contributed by atoms with Crippen LogP contribution < -0.4 is 5.59 Å². The molecule has 1 aromatic heterocycles. The summed E-state index contributed by atoms with van der Waals surface area (Å²) in [5.41, 5.74) is 2.58. The molecule has 0 atom stereocenters. The normalized spacial score (nSPS) is 24.6. The molecule has 2 aliphatic heterocycles. The molecule has 6 heteroatoms. The van der Waals surface area contributed by atoms with Crippen molar-refractivity contribution < 1.29 is 14.0 Å². The van der Waals surface area contributed by atoms with Gasteiger partial charge in [0.1, 0.15) is 0 Å². The van der Waals surface area contributed by atoms with Gasteiger partial charge < -0.3 is 14.0 Å². The van der Waals surface area contributed by atoms with E-state index in [1.807, 2.05) is 11.7 Å². The van der Waals surface area contributed by atoms with Crippen LogP contribution in [0.2, 0.25) is 0 Å². The Hall–Kier alpha value is -0.845. The van der Waals surface area contributed by atoms with Crippen LogP contribution in [-0.2, 0) is 34.1 Å². The highest BCUT2D eigenvalue weighted by Crippen LogP contribution is 2.37. The van der Waals surface area contributed by atoms with Gasteiger partial charge in [0.25, 0.3) is 0 Å². The summed E-state index contributed by atoms with van der Waals surface area (Å²) >= 11 is 0. The third-order valence-corrected chi connectivity index (χ3v) is 4.48. The van der Waals surface area contributed by atoms with Crippen molar-refractivity contribution in [2.75, 3.05) is 6.61 Å². The average molecular weight is 264 g/mol. The average Bonchev–Trinajstić information content (AvgIpc) is 2.72. The minimum atomic E-state index is -0.368. The van der Waals surface area contributed by atoms with E-state index in [4.69, 9.17) is 14.0 Å². The van der Waals surface area contributed by atoms with E-state index in [0.717, 1.165) is 29.9 Å². The van der Waals surface area contributed by atoms with Gasteiger partial charge in [-0.1, -0.05) is 0 Å². The number of fused-ring (bicyclic) bond motifs is 1. The molecular weight excluding hydrogens is 243 g/mol.